The highest BCUT2D eigenvalue weighted by Gasteiger charge is 2.16. The number of ether oxygens (including phenoxy) is 5. The molecule has 0 fully saturated rings. The summed E-state index contributed by atoms with van der Waals surface area (Å²) in [5, 5.41) is 21.9. The predicted octanol–water partition coefficient (Wildman–Crippen LogP) is 10.7. The molecule has 8 rings (SSSR count). The number of halogens is 3. The number of pyridine rings is 2. The first-order chi connectivity index (χ1) is 30.4. The Morgan fingerprint density at radius 3 is 1.68 bits per heavy atom. The van der Waals surface area contributed by atoms with Gasteiger partial charge in [0, 0.05) is 53.5 Å². The van der Waals surface area contributed by atoms with E-state index in [1.54, 1.807) is 43.6 Å². The SMILES string of the molecule is COc1cc2c(=O)cc[nH]c2cc1OCc1ccccc1.COc1cc2c(Oc3ccc([N+](=O)[O-])cc3F)ccnc2cc1OCc1ccccc1.O=[N+]([O-])c1ccc(F)c(F)c1. The molecular weight excluding hydrogens is 826 g/mol. The number of hydrogen-bond donors (Lipinski definition) is 1. The first kappa shape index (κ1) is 44.1. The maximum atomic E-state index is 14.3. The molecule has 320 valence electrons. The average molecular weight is 861 g/mol. The van der Waals surface area contributed by atoms with E-state index in [2.05, 4.69) is 9.97 Å². The molecule has 63 heavy (non-hydrogen) atoms. The predicted molar refractivity (Wildman–Crippen MR) is 227 cm³/mol. The molecule has 0 radical (unpaired) electrons. The van der Waals surface area contributed by atoms with E-state index >= 15 is 0 Å². The number of fused-ring (bicyclic) bond motifs is 2. The van der Waals surface area contributed by atoms with Gasteiger partial charge in [-0.15, -0.1) is 0 Å². The van der Waals surface area contributed by atoms with Gasteiger partial charge in [-0.05, 0) is 41.5 Å². The van der Waals surface area contributed by atoms with Crippen LogP contribution in [0, 0.1) is 37.7 Å². The van der Waals surface area contributed by atoms with Crippen LogP contribution in [0.5, 0.6) is 34.5 Å². The minimum atomic E-state index is -1.21. The minimum absolute atomic E-state index is 0.0448. The highest BCUT2D eigenvalue weighted by atomic mass is 19.2. The number of aromatic amines is 1. The summed E-state index contributed by atoms with van der Waals surface area (Å²) in [7, 11) is 3.08. The van der Waals surface area contributed by atoms with E-state index in [1.165, 1.54) is 31.5 Å². The molecule has 0 aliphatic carbocycles. The Balaban J connectivity index is 0.000000177. The van der Waals surface area contributed by atoms with Gasteiger partial charge in [0.25, 0.3) is 11.4 Å². The van der Waals surface area contributed by atoms with Gasteiger partial charge >= 0.3 is 0 Å². The summed E-state index contributed by atoms with van der Waals surface area (Å²) in [6.07, 6.45) is 3.15. The summed E-state index contributed by atoms with van der Waals surface area (Å²) in [6.45, 7) is 0.798. The van der Waals surface area contributed by atoms with Crippen LogP contribution in [0.25, 0.3) is 21.8 Å². The topological polar surface area (TPSA) is 178 Å². The van der Waals surface area contributed by atoms with Crippen molar-refractivity contribution in [3.8, 4) is 34.5 Å². The monoisotopic (exact) mass is 860 g/mol. The summed E-state index contributed by atoms with van der Waals surface area (Å²) < 4.78 is 66.9. The van der Waals surface area contributed by atoms with Crippen molar-refractivity contribution in [2.75, 3.05) is 14.2 Å². The van der Waals surface area contributed by atoms with Gasteiger partial charge in [0.2, 0.25) is 0 Å². The number of methoxy groups -OCH3 is 2. The maximum absolute atomic E-state index is 14.3. The summed E-state index contributed by atoms with van der Waals surface area (Å²) in [5.74, 6) is -0.822. The Morgan fingerprint density at radius 1 is 0.571 bits per heavy atom. The molecule has 2 heterocycles. The van der Waals surface area contributed by atoms with Crippen LogP contribution < -0.4 is 29.1 Å². The molecule has 14 nitrogen and oxygen atoms in total. The fourth-order valence-corrected chi connectivity index (χ4v) is 5.82. The van der Waals surface area contributed by atoms with Crippen molar-refractivity contribution in [1.82, 2.24) is 9.97 Å². The molecule has 0 unspecified atom stereocenters. The van der Waals surface area contributed by atoms with Crippen molar-refractivity contribution in [1.29, 1.82) is 0 Å². The summed E-state index contributed by atoms with van der Waals surface area (Å²) in [5.41, 5.74) is 2.51. The molecule has 0 atom stereocenters. The Hall–Kier alpha value is -8.47. The molecule has 2 aromatic heterocycles. The lowest BCUT2D eigenvalue weighted by atomic mass is 10.1. The van der Waals surface area contributed by atoms with Gasteiger partial charge in [0.05, 0.1) is 47.2 Å². The molecule has 0 spiro atoms. The molecule has 0 bridgehead atoms. The lowest BCUT2D eigenvalue weighted by Gasteiger charge is -2.14. The summed E-state index contributed by atoms with van der Waals surface area (Å²) >= 11 is 0. The van der Waals surface area contributed by atoms with Crippen molar-refractivity contribution < 1.29 is 46.7 Å². The van der Waals surface area contributed by atoms with Crippen molar-refractivity contribution in [3.63, 3.8) is 0 Å². The van der Waals surface area contributed by atoms with Gasteiger partial charge in [-0.1, -0.05) is 60.7 Å². The van der Waals surface area contributed by atoms with Crippen LogP contribution in [0.1, 0.15) is 11.1 Å². The van der Waals surface area contributed by atoms with Gasteiger partial charge < -0.3 is 28.7 Å². The molecule has 6 aromatic carbocycles. The third-order valence-corrected chi connectivity index (χ3v) is 8.96. The van der Waals surface area contributed by atoms with Gasteiger partial charge in [0.15, 0.2) is 51.6 Å². The number of hydrogen-bond acceptors (Lipinski definition) is 11. The third kappa shape index (κ3) is 11.4. The molecule has 1 N–H and O–H groups in total. The Bertz CT molecular complexity index is 2940. The second-order valence-corrected chi connectivity index (χ2v) is 13.1. The van der Waals surface area contributed by atoms with Gasteiger partial charge in [-0.3, -0.25) is 30.0 Å². The van der Waals surface area contributed by atoms with E-state index in [9.17, 15) is 38.2 Å². The highest BCUT2D eigenvalue weighted by Crippen LogP contribution is 2.38. The van der Waals surface area contributed by atoms with Gasteiger partial charge in [0.1, 0.15) is 19.0 Å². The van der Waals surface area contributed by atoms with Crippen LogP contribution in [0.3, 0.4) is 0 Å². The third-order valence-electron chi connectivity index (χ3n) is 8.96. The van der Waals surface area contributed by atoms with Crippen LogP contribution >= 0.6 is 0 Å². The average Bonchev–Trinajstić information content (AvgIpc) is 3.29. The molecule has 0 aliphatic heterocycles. The number of nitrogens with zero attached hydrogens (tertiary/aromatic N) is 3. The fraction of sp³-hybridized carbons (Fsp3) is 0.0870. The lowest BCUT2D eigenvalue weighted by Crippen LogP contribution is -2.03. The first-order valence-electron chi connectivity index (χ1n) is 18.6. The Kier molecular flexibility index (Phi) is 14.5. The Morgan fingerprint density at radius 2 is 1.13 bits per heavy atom. The maximum Gasteiger partial charge on any atom is 0.272 e. The number of H-pyrrole nitrogens is 1. The van der Waals surface area contributed by atoms with Crippen LogP contribution in [-0.4, -0.2) is 34.0 Å². The first-order valence-corrected chi connectivity index (χ1v) is 18.6. The number of rotatable bonds is 12. The van der Waals surface area contributed by atoms with E-state index in [-0.39, 0.29) is 16.9 Å². The zero-order chi connectivity index (χ0) is 44.9. The Labute approximate surface area is 356 Å². The quantitative estimate of drug-likeness (QED) is 0.0913. The van der Waals surface area contributed by atoms with Crippen molar-refractivity contribution in [2.45, 2.75) is 13.2 Å². The minimum Gasteiger partial charge on any atom is -0.493 e. The van der Waals surface area contributed by atoms with E-state index in [0.29, 0.717) is 70.4 Å². The normalized spacial score (nSPS) is 10.4. The van der Waals surface area contributed by atoms with E-state index in [1.807, 2.05) is 60.7 Å². The van der Waals surface area contributed by atoms with E-state index in [0.717, 1.165) is 28.8 Å². The number of nitro groups is 2. The molecule has 0 saturated heterocycles. The fourth-order valence-electron chi connectivity index (χ4n) is 5.82. The smallest absolute Gasteiger partial charge is 0.272 e. The molecule has 8 aromatic rings. The van der Waals surface area contributed by atoms with Crippen LogP contribution in [0.4, 0.5) is 24.5 Å². The molecule has 0 amide bonds. The zero-order valence-corrected chi connectivity index (χ0v) is 33.3. The van der Waals surface area contributed by atoms with Crippen molar-refractivity contribution >= 4 is 33.2 Å². The van der Waals surface area contributed by atoms with Crippen LogP contribution in [0.15, 0.2) is 151 Å². The van der Waals surface area contributed by atoms with Crippen LogP contribution in [0.2, 0.25) is 0 Å². The summed E-state index contributed by atoms with van der Waals surface area (Å²) in [6, 6.07) is 34.9. The van der Waals surface area contributed by atoms with Gasteiger partial charge in [-0.2, -0.15) is 0 Å². The molecule has 17 heteroatoms. The number of benzene rings is 6. The van der Waals surface area contributed by atoms with Crippen molar-refractivity contribution in [3.05, 3.63) is 205 Å². The lowest BCUT2D eigenvalue weighted by molar-refractivity contribution is -0.385. The highest BCUT2D eigenvalue weighted by molar-refractivity contribution is 5.88. The number of nitro benzene ring substituents is 2. The molecule has 0 saturated carbocycles. The standard InChI is InChI=1S/C23H17FN2O5.C17H15NO3.C6H3F2NO2/c1-29-22-12-17-19(13-23(22)30-14-15-5-3-2-4-6-15)25-10-9-20(17)31-21-8-7-16(26(27)28)11-18(21)24;1-20-16-9-13-14(18-8-7-15(13)19)10-17(16)21-11-12-5-3-2-4-6-12;7-5-2-1-4(9(10)11)3-6(5)8/h2-13H,14H2,1H3;2-10H,11H2,1H3,(H,18,19);1-3H. The number of aromatic nitrogens is 2. The largest absolute Gasteiger partial charge is 0.493 e. The molecule has 0 aliphatic rings. The molecular formula is C46H35F3N4O10. The second kappa shape index (κ2) is 20.7. The zero-order valence-electron chi connectivity index (χ0n) is 33.3. The van der Waals surface area contributed by atoms with Gasteiger partial charge in [-0.25, -0.2) is 13.2 Å². The van der Waals surface area contributed by atoms with Crippen molar-refractivity contribution in [2.24, 2.45) is 0 Å². The van der Waals surface area contributed by atoms with Crippen LogP contribution in [-0.2, 0) is 13.2 Å². The number of non-ortho nitro benzene ring substituents is 2. The van der Waals surface area contributed by atoms with E-state index in [4.69, 9.17) is 23.7 Å². The van der Waals surface area contributed by atoms with E-state index < -0.39 is 33.0 Å². The summed E-state index contributed by atoms with van der Waals surface area (Å²) in [4.78, 5) is 38.5. The number of nitrogens with one attached hydrogen (secondary N) is 1. The second-order valence-electron chi connectivity index (χ2n) is 13.1.